The molecule has 1 aromatic heterocycles. The van der Waals surface area contributed by atoms with Crippen LogP contribution in [-0.4, -0.2) is 17.0 Å². The number of rotatable bonds is 4. The average molecular weight is 296 g/mol. The number of hydrogen-bond acceptors (Lipinski definition) is 3. The molecule has 0 aliphatic heterocycles. The Morgan fingerprint density at radius 3 is 2.91 bits per heavy atom. The minimum absolute atomic E-state index is 0.165. The molecule has 1 aromatic carbocycles. The van der Waals surface area contributed by atoms with Gasteiger partial charge in [0.25, 0.3) is 5.91 Å². The van der Waals surface area contributed by atoms with E-state index in [-0.39, 0.29) is 5.91 Å². The smallest absolute Gasteiger partial charge is 0.265 e. The molecule has 4 nitrogen and oxygen atoms in total. The summed E-state index contributed by atoms with van der Waals surface area (Å²) in [5.74, 6) is 0.674. The highest BCUT2D eigenvalue weighted by Crippen LogP contribution is 2.30. The first kappa shape index (κ1) is 14.6. The molecule has 4 heteroatoms. The van der Waals surface area contributed by atoms with Gasteiger partial charge in [-0.1, -0.05) is 12.1 Å². The summed E-state index contributed by atoms with van der Waals surface area (Å²) >= 11 is 0. The van der Waals surface area contributed by atoms with Crippen LogP contribution in [0.5, 0.6) is 5.75 Å². The molecular weight excluding hydrogens is 276 g/mol. The molecule has 1 aliphatic rings. The molecule has 1 N–H and O–H groups in total. The highest BCUT2D eigenvalue weighted by molar-refractivity contribution is 5.93. The van der Waals surface area contributed by atoms with Crippen LogP contribution < -0.4 is 10.1 Å². The van der Waals surface area contributed by atoms with Crippen molar-refractivity contribution in [2.45, 2.75) is 38.7 Å². The predicted molar refractivity (Wildman–Crippen MR) is 86.0 cm³/mol. The third kappa shape index (κ3) is 3.27. The Morgan fingerprint density at radius 2 is 2.09 bits per heavy atom. The number of amides is 1. The van der Waals surface area contributed by atoms with Gasteiger partial charge in [-0.2, -0.15) is 0 Å². The standard InChI is InChI=1S/C18H20N2O2/c1-13(18(21)20-15-8-5-11-19-12-15)22-17-10-4-7-14-6-2-3-9-16(14)17/h4-5,7-8,10-13H,2-3,6,9H2,1H3,(H,20,21). The fourth-order valence-corrected chi connectivity index (χ4v) is 2.78. The number of hydrogen-bond donors (Lipinski definition) is 1. The molecule has 0 radical (unpaired) electrons. The van der Waals surface area contributed by atoms with Crippen LogP contribution in [0, 0.1) is 0 Å². The van der Waals surface area contributed by atoms with E-state index in [9.17, 15) is 4.79 Å². The second-order valence-corrected chi connectivity index (χ2v) is 5.59. The van der Waals surface area contributed by atoms with Crippen molar-refractivity contribution >= 4 is 11.6 Å². The lowest BCUT2D eigenvalue weighted by Gasteiger charge is -2.22. The van der Waals surface area contributed by atoms with Gasteiger partial charge in [0.05, 0.1) is 11.9 Å². The van der Waals surface area contributed by atoms with E-state index in [1.54, 1.807) is 25.4 Å². The van der Waals surface area contributed by atoms with Crippen molar-refractivity contribution in [1.29, 1.82) is 0 Å². The number of benzene rings is 1. The third-order valence-electron chi connectivity index (χ3n) is 3.95. The van der Waals surface area contributed by atoms with E-state index in [2.05, 4.69) is 16.4 Å². The van der Waals surface area contributed by atoms with Gasteiger partial charge in [-0.25, -0.2) is 0 Å². The molecule has 1 amide bonds. The monoisotopic (exact) mass is 296 g/mol. The van der Waals surface area contributed by atoms with Crippen LogP contribution in [0.1, 0.15) is 30.9 Å². The molecule has 0 bridgehead atoms. The summed E-state index contributed by atoms with van der Waals surface area (Å²) in [4.78, 5) is 16.2. The van der Waals surface area contributed by atoms with Gasteiger partial charge in [0.1, 0.15) is 5.75 Å². The van der Waals surface area contributed by atoms with E-state index >= 15 is 0 Å². The maximum Gasteiger partial charge on any atom is 0.265 e. The van der Waals surface area contributed by atoms with Crippen molar-refractivity contribution in [2.24, 2.45) is 0 Å². The minimum Gasteiger partial charge on any atom is -0.481 e. The Labute approximate surface area is 130 Å². The molecule has 114 valence electrons. The summed E-state index contributed by atoms with van der Waals surface area (Å²) in [6.45, 7) is 1.77. The van der Waals surface area contributed by atoms with Crippen molar-refractivity contribution in [2.75, 3.05) is 5.32 Å². The van der Waals surface area contributed by atoms with Gasteiger partial charge in [0.2, 0.25) is 0 Å². The van der Waals surface area contributed by atoms with Gasteiger partial charge >= 0.3 is 0 Å². The number of carbonyl (C=O) groups is 1. The van der Waals surface area contributed by atoms with E-state index in [1.807, 2.05) is 18.2 Å². The van der Waals surface area contributed by atoms with E-state index in [0.717, 1.165) is 18.6 Å². The van der Waals surface area contributed by atoms with Gasteiger partial charge in [-0.15, -0.1) is 0 Å². The Hall–Kier alpha value is -2.36. The summed E-state index contributed by atoms with van der Waals surface area (Å²) in [5, 5.41) is 2.82. The minimum atomic E-state index is -0.548. The quantitative estimate of drug-likeness (QED) is 0.941. The molecule has 0 saturated carbocycles. The lowest BCUT2D eigenvalue weighted by atomic mass is 9.91. The van der Waals surface area contributed by atoms with Gasteiger partial charge < -0.3 is 10.1 Å². The second-order valence-electron chi connectivity index (χ2n) is 5.59. The topological polar surface area (TPSA) is 51.2 Å². The van der Waals surface area contributed by atoms with Crippen molar-refractivity contribution in [3.63, 3.8) is 0 Å². The zero-order valence-electron chi connectivity index (χ0n) is 12.7. The molecule has 1 atom stereocenters. The maximum atomic E-state index is 12.2. The van der Waals surface area contributed by atoms with Crippen molar-refractivity contribution in [1.82, 2.24) is 4.98 Å². The number of anilines is 1. The normalized spacial score (nSPS) is 14.8. The van der Waals surface area contributed by atoms with E-state index in [0.29, 0.717) is 5.69 Å². The Balaban J connectivity index is 1.69. The lowest BCUT2D eigenvalue weighted by molar-refractivity contribution is -0.122. The number of nitrogens with one attached hydrogen (secondary N) is 1. The fourth-order valence-electron chi connectivity index (χ4n) is 2.78. The van der Waals surface area contributed by atoms with Crippen LogP contribution in [-0.2, 0) is 17.6 Å². The molecular formula is C18H20N2O2. The third-order valence-corrected chi connectivity index (χ3v) is 3.95. The number of nitrogens with zero attached hydrogens (tertiary/aromatic N) is 1. The van der Waals surface area contributed by atoms with Gasteiger partial charge in [-0.3, -0.25) is 9.78 Å². The van der Waals surface area contributed by atoms with Crippen LogP contribution in [0.25, 0.3) is 0 Å². The molecule has 2 aromatic rings. The molecule has 1 heterocycles. The summed E-state index contributed by atoms with van der Waals surface area (Å²) in [7, 11) is 0. The van der Waals surface area contributed by atoms with Crippen LogP contribution in [0.4, 0.5) is 5.69 Å². The fraction of sp³-hybridized carbons (Fsp3) is 0.333. The van der Waals surface area contributed by atoms with Crippen molar-refractivity contribution in [3.05, 3.63) is 53.9 Å². The number of ether oxygens (including phenoxy) is 1. The zero-order valence-corrected chi connectivity index (χ0v) is 12.7. The highest BCUT2D eigenvalue weighted by atomic mass is 16.5. The highest BCUT2D eigenvalue weighted by Gasteiger charge is 2.19. The van der Waals surface area contributed by atoms with Crippen LogP contribution in [0.2, 0.25) is 0 Å². The van der Waals surface area contributed by atoms with E-state index < -0.39 is 6.10 Å². The number of carbonyl (C=O) groups excluding carboxylic acids is 1. The van der Waals surface area contributed by atoms with Crippen LogP contribution >= 0.6 is 0 Å². The van der Waals surface area contributed by atoms with Gasteiger partial charge in [0, 0.05) is 6.20 Å². The van der Waals surface area contributed by atoms with Crippen molar-refractivity contribution < 1.29 is 9.53 Å². The number of aryl methyl sites for hydroxylation is 1. The lowest BCUT2D eigenvalue weighted by Crippen LogP contribution is -2.30. The number of pyridine rings is 1. The molecule has 0 spiro atoms. The summed E-state index contributed by atoms with van der Waals surface area (Å²) in [6.07, 6.45) is 7.29. The largest absolute Gasteiger partial charge is 0.481 e. The second kappa shape index (κ2) is 6.60. The zero-order chi connectivity index (χ0) is 15.4. The first-order valence-corrected chi connectivity index (χ1v) is 7.72. The Bertz CT molecular complexity index is 655. The molecule has 22 heavy (non-hydrogen) atoms. The van der Waals surface area contributed by atoms with E-state index in [1.165, 1.54) is 24.0 Å². The van der Waals surface area contributed by atoms with Gasteiger partial charge in [-0.05, 0) is 61.9 Å². The SMILES string of the molecule is CC(Oc1cccc2c1CCCC2)C(=O)Nc1cccnc1. The summed E-state index contributed by atoms with van der Waals surface area (Å²) < 4.78 is 5.91. The van der Waals surface area contributed by atoms with Crippen LogP contribution in [0.3, 0.4) is 0 Å². The first-order chi connectivity index (χ1) is 10.7. The van der Waals surface area contributed by atoms with E-state index in [4.69, 9.17) is 4.74 Å². The molecule has 1 unspecified atom stereocenters. The van der Waals surface area contributed by atoms with Crippen LogP contribution in [0.15, 0.2) is 42.7 Å². The summed E-state index contributed by atoms with van der Waals surface area (Å²) in [5.41, 5.74) is 3.29. The Kier molecular flexibility index (Phi) is 4.37. The van der Waals surface area contributed by atoms with Gasteiger partial charge in [0.15, 0.2) is 6.10 Å². The van der Waals surface area contributed by atoms with Crippen molar-refractivity contribution in [3.8, 4) is 5.75 Å². The Morgan fingerprint density at radius 1 is 1.23 bits per heavy atom. The number of fused-ring (bicyclic) bond motifs is 1. The predicted octanol–water partition coefficient (Wildman–Crippen LogP) is 3.37. The number of aromatic nitrogens is 1. The first-order valence-electron chi connectivity index (χ1n) is 7.72. The average Bonchev–Trinajstić information content (AvgIpc) is 2.56. The molecule has 3 rings (SSSR count). The molecule has 0 fully saturated rings. The molecule has 1 aliphatic carbocycles. The summed E-state index contributed by atoms with van der Waals surface area (Å²) in [6, 6.07) is 9.71. The maximum absolute atomic E-state index is 12.2. The molecule has 0 saturated heterocycles.